The van der Waals surface area contributed by atoms with Crippen LogP contribution in [-0.2, 0) is 14.3 Å². The molecular weight excluding hydrogens is 296 g/mol. The SMILES string of the molecule is C=C[C@@H]1CC2(C(=O)NC(=O)NC2=O)/C(=C(\C)c2ccccc2)O1. The lowest BCUT2D eigenvalue weighted by atomic mass is 9.77. The smallest absolute Gasteiger partial charge is 0.328 e. The number of barbiturate groups is 1. The Bertz CT molecular complexity index is 716. The van der Waals surface area contributed by atoms with Crippen molar-refractivity contribution in [1.29, 1.82) is 0 Å². The van der Waals surface area contributed by atoms with Gasteiger partial charge < -0.3 is 4.74 Å². The van der Waals surface area contributed by atoms with Gasteiger partial charge in [-0.1, -0.05) is 43.0 Å². The van der Waals surface area contributed by atoms with Gasteiger partial charge in [-0.05, 0) is 18.1 Å². The van der Waals surface area contributed by atoms with Crippen LogP contribution < -0.4 is 10.6 Å². The van der Waals surface area contributed by atoms with E-state index in [0.717, 1.165) is 5.56 Å². The summed E-state index contributed by atoms with van der Waals surface area (Å²) in [5, 5.41) is 4.33. The Balaban J connectivity index is 2.17. The average molecular weight is 312 g/mol. The minimum absolute atomic E-state index is 0.112. The number of benzene rings is 1. The van der Waals surface area contributed by atoms with Crippen molar-refractivity contribution in [1.82, 2.24) is 10.6 Å². The molecule has 2 fully saturated rings. The highest BCUT2D eigenvalue weighted by molar-refractivity contribution is 6.21. The summed E-state index contributed by atoms with van der Waals surface area (Å²) in [7, 11) is 0. The normalized spacial score (nSPS) is 24.7. The van der Waals surface area contributed by atoms with E-state index in [1.165, 1.54) is 0 Å². The molecule has 0 aromatic heterocycles. The lowest BCUT2D eigenvalue weighted by Gasteiger charge is -2.30. The second kappa shape index (κ2) is 5.39. The molecule has 0 radical (unpaired) electrons. The number of allylic oxidation sites excluding steroid dienone is 1. The molecular formula is C17H16N2O4. The number of carbonyl (C=O) groups is 3. The quantitative estimate of drug-likeness (QED) is 0.643. The monoisotopic (exact) mass is 312 g/mol. The van der Waals surface area contributed by atoms with Crippen molar-refractivity contribution in [3.05, 3.63) is 54.3 Å². The van der Waals surface area contributed by atoms with Crippen molar-refractivity contribution in [3.63, 3.8) is 0 Å². The number of carbonyl (C=O) groups excluding carboxylic acids is 3. The lowest BCUT2D eigenvalue weighted by molar-refractivity contribution is -0.141. The number of hydrogen-bond acceptors (Lipinski definition) is 4. The molecule has 6 heteroatoms. The van der Waals surface area contributed by atoms with E-state index in [2.05, 4.69) is 17.2 Å². The van der Waals surface area contributed by atoms with Gasteiger partial charge >= 0.3 is 6.03 Å². The van der Waals surface area contributed by atoms with Crippen LogP contribution in [0.15, 0.2) is 48.7 Å². The van der Waals surface area contributed by atoms with Crippen LogP contribution in [0.2, 0.25) is 0 Å². The van der Waals surface area contributed by atoms with Crippen LogP contribution in [0.5, 0.6) is 0 Å². The fraction of sp³-hybridized carbons (Fsp3) is 0.235. The Labute approximate surface area is 133 Å². The molecule has 1 spiro atoms. The molecule has 6 nitrogen and oxygen atoms in total. The second-order valence-electron chi connectivity index (χ2n) is 5.56. The summed E-state index contributed by atoms with van der Waals surface area (Å²) in [5.74, 6) is -1.07. The van der Waals surface area contributed by atoms with Crippen LogP contribution in [0, 0.1) is 5.41 Å². The van der Waals surface area contributed by atoms with Crippen molar-refractivity contribution in [2.45, 2.75) is 19.4 Å². The Morgan fingerprint density at radius 1 is 1.22 bits per heavy atom. The van der Waals surface area contributed by atoms with E-state index in [-0.39, 0.29) is 12.2 Å². The van der Waals surface area contributed by atoms with Gasteiger partial charge in [0, 0.05) is 6.42 Å². The standard InChI is InChI=1S/C17H16N2O4/c1-3-12-9-17(14(20)18-16(22)19-15(17)21)13(23-12)10(2)11-7-5-4-6-8-11/h3-8,12H,1,9H2,2H3,(H2,18,19,20,21,22)/b13-10-/t12-/m1/s1. The van der Waals surface area contributed by atoms with E-state index < -0.39 is 29.4 Å². The predicted molar refractivity (Wildman–Crippen MR) is 82.8 cm³/mol. The van der Waals surface area contributed by atoms with Gasteiger partial charge in [0.05, 0.1) is 0 Å². The van der Waals surface area contributed by atoms with Crippen LogP contribution >= 0.6 is 0 Å². The highest BCUT2D eigenvalue weighted by Gasteiger charge is 2.60. The molecule has 1 atom stereocenters. The van der Waals surface area contributed by atoms with E-state index in [0.29, 0.717) is 5.57 Å². The molecule has 118 valence electrons. The zero-order valence-electron chi connectivity index (χ0n) is 12.6. The molecule has 23 heavy (non-hydrogen) atoms. The number of hydrogen-bond donors (Lipinski definition) is 2. The molecule has 2 aliphatic heterocycles. The van der Waals surface area contributed by atoms with Crippen LogP contribution in [0.4, 0.5) is 4.79 Å². The minimum atomic E-state index is -1.55. The van der Waals surface area contributed by atoms with Gasteiger partial charge in [-0.3, -0.25) is 20.2 Å². The predicted octanol–water partition coefficient (Wildman–Crippen LogP) is 1.74. The summed E-state index contributed by atoms with van der Waals surface area (Å²) < 4.78 is 5.82. The molecule has 1 aromatic rings. The Morgan fingerprint density at radius 2 is 1.83 bits per heavy atom. The molecule has 2 heterocycles. The molecule has 4 amide bonds. The molecule has 2 saturated heterocycles. The van der Waals surface area contributed by atoms with Gasteiger partial charge in [-0.15, -0.1) is 0 Å². The molecule has 0 unspecified atom stereocenters. The summed E-state index contributed by atoms with van der Waals surface area (Å²) >= 11 is 0. The van der Waals surface area contributed by atoms with Crippen LogP contribution in [0.3, 0.4) is 0 Å². The Morgan fingerprint density at radius 3 is 2.39 bits per heavy atom. The van der Waals surface area contributed by atoms with Gasteiger partial charge in [0.1, 0.15) is 11.9 Å². The second-order valence-corrected chi connectivity index (χ2v) is 5.56. The van der Waals surface area contributed by atoms with Gasteiger partial charge in [-0.25, -0.2) is 4.79 Å². The first-order chi connectivity index (χ1) is 11.0. The summed E-state index contributed by atoms with van der Waals surface area (Å²) in [5.41, 5.74) is -0.0362. The summed E-state index contributed by atoms with van der Waals surface area (Å²) in [6.07, 6.45) is 1.18. The first-order valence-corrected chi connectivity index (χ1v) is 7.22. The van der Waals surface area contributed by atoms with E-state index in [1.54, 1.807) is 13.0 Å². The molecule has 2 N–H and O–H groups in total. The molecule has 0 saturated carbocycles. The van der Waals surface area contributed by atoms with E-state index in [9.17, 15) is 14.4 Å². The maximum absolute atomic E-state index is 12.5. The third kappa shape index (κ3) is 2.23. The Kier molecular flexibility index (Phi) is 3.52. The van der Waals surface area contributed by atoms with Crippen LogP contribution in [0.1, 0.15) is 18.9 Å². The zero-order chi connectivity index (χ0) is 16.6. The van der Waals surface area contributed by atoms with Gasteiger partial charge in [0.15, 0.2) is 5.41 Å². The van der Waals surface area contributed by atoms with E-state index in [4.69, 9.17) is 4.74 Å². The van der Waals surface area contributed by atoms with Crippen LogP contribution in [-0.4, -0.2) is 23.9 Å². The van der Waals surface area contributed by atoms with Gasteiger partial charge in [0.2, 0.25) is 0 Å². The molecule has 1 aromatic carbocycles. The number of rotatable bonds is 2. The largest absolute Gasteiger partial charge is 0.489 e. The molecule has 2 aliphatic rings. The third-order valence-corrected chi connectivity index (χ3v) is 4.20. The average Bonchev–Trinajstić information content (AvgIpc) is 2.94. The van der Waals surface area contributed by atoms with E-state index >= 15 is 0 Å². The summed E-state index contributed by atoms with van der Waals surface area (Å²) in [4.78, 5) is 36.4. The number of amides is 4. The summed E-state index contributed by atoms with van der Waals surface area (Å²) in [6, 6.07) is 8.50. The maximum atomic E-state index is 12.5. The molecule has 3 rings (SSSR count). The highest BCUT2D eigenvalue weighted by atomic mass is 16.5. The third-order valence-electron chi connectivity index (χ3n) is 4.20. The van der Waals surface area contributed by atoms with Crippen molar-refractivity contribution >= 4 is 23.4 Å². The van der Waals surface area contributed by atoms with Gasteiger partial charge in [0.25, 0.3) is 11.8 Å². The first-order valence-electron chi connectivity index (χ1n) is 7.22. The minimum Gasteiger partial charge on any atom is -0.489 e. The van der Waals surface area contributed by atoms with Crippen LogP contribution in [0.25, 0.3) is 5.57 Å². The fourth-order valence-electron chi connectivity index (χ4n) is 2.99. The Hall–Kier alpha value is -2.89. The van der Waals surface area contributed by atoms with Gasteiger partial charge in [-0.2, -0.15) is 0 Å². The van der Waals surface area contributed by atoms with Crippen molar-refractivity contribution < 1.29 is 19.1 Å². The van der Waals surface area contributed by atoms with Crippen molar-refractivity contribution in [2.24, 2.45) is 5.41 Å². The number of nitrogens with one attached hydrogen (secondary N) is 2. The number of urea groups is 1. The fourth-order valence-corrected chi connectivity index (χ4v) is 2.99. The number of imide groups is 2. The first kappa shape index (κ1) is 15.0. The number of ether oxygens (including phenoxy) is 1. The van der Waals surface area contributed by atoms with Crippen molar-refractivity contribution in [2.75, 3.05) is 0 Å². The molecule has 0 bridgehead atoms. The topological polar surface area (TPSA) is 84.5 Å². The summed E-state index contributed by atoms with van der Waals surface area (Å²) in [6.45, 7) is 5.46. The molecule has 0 aliphatic carbocycles. The highest BCUT2D eigenvalue weighted by Crippen LogP contribution is 2.47. The van der Waals surface area contributed by atoms with E-state index in [1.807, 2.05) is 30.3 Å². The zero-order valence-corrected chi connectivity index (χ0v) is 12.6. The van der Waals surface area contributed by atoms with Crippen molar-refractivity contribution in [3.8, 4) is 0 Å². The lowest BCUT2D eigenvalue weighted by Crippen LogP contribution is -2.62. The maximum Gasteiger partial charge on any atom is 0.328 e.